The zero-order chi connectivity index (χ0) is 16.7. The van der Waals surface area contributed by atoms with Gasteiger partial charge in [-0.15, -0.1) is 11.3 Å². The van der Waals surface area contributed by atoms with Gasteiger partial charge in [-0.3, -0.25) is 4.99 Å². The van der Waals surface area contributed by atoms with Crippen molar-refractivity contribution in [2.45, 2.75) is 26.3 Å². The molecule has 0 atom stereocenters. The highest BCUT2D eigenvalue weighted by molar-refractivity contribution is 7.11. The van der Waals surface area contributed by atoms with Crippen LogP contribution in [-0.2, 0) is 19.4 Å². The fraction of sp³-hybridized carbons (Fsp3) is 0.375. The molecule has 0 radical (unpaired) electrons. The van der Waals surface area contributed by atoms with Gasteiger partial charge in [0.1, 0.15) is 16.6 Å². The lowest BCUT2D eigenvalue weighted by atomic mass is 10.1. The summed E-state index contributed by atoms with van der Waals surface area (Å²) in [5.41, 5.74) is 0.609. The summed E-state index contributed by atoms with van der Waals surface area (Å²) in [5.74, 6) is -0.480. The van der Waals surface area contributed by atoms with Crippen LogP contribution in [0.25, 0.3) is 0 Å². The second-order valence-corrected chi connectivity index (χ2v) is 6.15. The first-order valence-electron chi connectivity index (χ1n) is 7.43. The summed E-state index contributed by atoms with van der Waals surface area (Å²) < 4.78 is 26.2. The molecule has 0 saturated carbocycles. The third kappa shape index (κ3) is 5.59. The van der Waals surface area contributed by atoms with Crippen molar-refractivity contribution in [3.05, 3.63) is 51.5 Å². The maximum absolute atomic E-state index is 13.1. The predicted molar refractivity (Wildman–Crippen MR) is 89.8 cm³/mol. The fourth-order valence-corrected chi connectivity index (χ4v) is 2.86. The van der Waals surface area contributed by atoms with Crippen LogP contribution in [0.15, 0.2) is 29.4 Å². The molecule has 0 unspecified atom stereocenters. The van der Waals surface area contributed by atoms with Crippen LogP contribution in [0, 0.1) is 11.6 Å². The van der Waals surface area contributed by atoms with E-state index in [2.05, 4.69) is 27.5 Å². The van der Waals surface area contributed by atoms with Crippen molar-refractivity contribution in [2.75, 3.05) is 13.6 Å². The monoisotopic (exact) mass is 338 g/mol. The summed E-state index contributed by atoms with van der Waals surface area (Å²) >= 11 is 1.67. The number of hydrogen-bond acceptors (Lipinski definition) is 3. The van der Waals surface area contributed by atoms with Gasteiger partial charge >= 0.3 is 0 Å². The van der Waals surface area contributed by atoms with Crippen LogP contribution < -0.4 is 10.6 Å². The Morgan fingerprint density at radius 3 is 2.57 bits per heavy atom. The smallest absolute Gasteiger partial charge is 0.191 e. The number of hydrogen-bond donors (Lipinski definition) is 2. The van der Waals surface area contributed by atoms with Crippen LogP contribution in [0.1, 0.15) is 22.4 Å². The Morgan fingerprint density at radius 1 is 1.22 bits per heavy atom. The largest absolute Gasteiger partial charge is 0.356 e. The van der Waals surface area contributed by atoms with Gasteiger partial charge in [-0.2, -0.15) is 0 Å². The van der Waals surface area contributed by atoms with Gasteiger partial charge < -0.3 is 10.6 Å². The highest BCUT2D eigenvalue weighted by atomic mass is 32.1. The van der Waals surface area contributed by atoms with Crippen LogP contribution in [-0.4, -0.2) is 24.5 Å². The van der Waals surface area contributed by atoms with E-state index in [1.54, 1.807) is 18.4 Å². The third-order valence-electron chi connectivity index (χ3n) is 3.21. The number of nitrogens with zero attached hydrogens (tertiary/aromatic N) is 2. The van der Waals surface area contributed by atoms with E-state index in [-0.39, 0.29) is 0 Å². The molecule has 0 bridgehead atoms. The van der Waals surface area contributed by atoms with E-state index in [9.17, 15) is 8.78 Å². The Hall–Kier alpha value is -2.02. The van der Waals surface area contributed by atoms with Crippen molar-refractivity contribution in [3.63, 3.8) is 0 Å². The van der Waals surface area contributed by atoms with Crippen molar-refractivity contribution in [3.8, 4) is 0 Å². The number of aliphatic imine (C=N–C) groups is 1. The number of aryl methyl sites for hydroxylation is 1. The molecular weight excluding hydrogens is 318 g/mol. The van der Waals surface area contributed by atoms with Gasteiger partial charge in [-0.05, 0) is 30.5 Å². The van der Waals surface area contributed by atoms with Crippen LogP contribution in [0.4, 0.5) is 8.78 Å². The maximum atomic E-state index is 13.1. The van der Waals surface area contributed by atoms with Crippen molar-refractivity contribution in [2.24, 2.45) is 4.99 Å². The average molecular weight is 338 g/mol. The highest BCUT2D eigenvalue weighted by Gasteiger charge is 2.04. The van der Waals surface area contributed by atoms with Gasteiger partial charge in [0.05, 0.1) is 6.54 Å². The van der Waals surface area contributed by atoms with Crippen molar-refractivity contribution >= 4 is 17.3 Å². The molecule has 124 valence electrons. The Bertz CT molecular complexity index is 650. The van der Waals surface area contributed by atoms with E-state index in [1.807, 2.05) is 6.20 Å². The molecule has 2 N–H and O–H groups in total. The first-order valence-corrected chi connectivity index (χ1v) is 8.25. The summed E-state index contributed by atoms with van der Waals surface area (Å²) in [7, 11) is 1.68. The second-order valence-electron chi connectivity index (χ2n) is 4.95. The number of aromatic nitrogens is 1. The van der Waals surface area contributed by atoms with Gasteiger partial charge in [-0.25, -0.2) is 13.8 Å². The zero-order valence-electron chi connectivity index (χ0n) is 13.2. The zero-order valence-corrected chi connectivity index (χ0v) is 14.0. The number of benzene rings is 1. The predicted octanol–water partition coefficient (Wildman–Crippen LogP) is 2.89. The molecule has 0 aliphatic heterocycles. The van der Waals surface area contributed by atoms with Crippen LogP contribution >= 0.6 is 11.3 Å². The standard InChI is InChI=1S/C16H20F2N4S/c1-3-14-9-21-15(23-14)10-22-16(19-2)20-5-4-11-6-12(17)8-13(18)7-11/h6-9H,3-5,10H2,1-2H3,(H2,19,20,22). The van der Waals surface area contributed by atoms with Crippen molar-refractivity contribution in [1.29, 1.82) is 0 Å². The highest BCUT2D eigenvalue weighted by Crippen LogP contribution is 2.12. The topological polar surface area (TPSA) is 49.3 Å². The Morgan fingerprint density at radius 2 is 1.96 bits per heavy atom. The van der Waals surface area contributed by atoms with Crippen molar-refractivity contribution in [1.82, 2.24) is 15.6 Å². The summed E-state index contributed by atoms with van der Waals surface area (Å²) in [4.78, 5) is 9.70. The number of nitrogens with one attached hydrogen (secondary N) is 2. The summed E-state index contributed by atoms with van der Waals surface area (Å²) in [6.07, 6.45) is 3.37. The molecule has 0 aliphatic carbocycles. The molecule has 23 heavy (non-hydrogen) atoms. The van der Waals surface area contributed by atoms with E-state index in [0.717, 1.165) is 17.5 Å². The summed E-state index contributed by atoms with van der Waals surface area (Å²) in [6, 6.07) is 3.54. The minimum atomic E-state index is -0.557. The van der Waals surface area contributed by atoms with E-state index in [1.165, 1.54) is 17.0 Å². The van der Waals surface area contributed by atoms with Gasteiger partial charge in [0.2, 0.25) is 0 Å². The number of rotatable bonds is 6. The van der Waals surface area contributed by atoms with E-state index < -0.39 is 11.6 Å². The number of thiazole rings is 1. The maximum Gasteiger partial charge on any atom is 0.191 e. The summed E-state index contributed by atoms with van der Waals surface area (Å²) in [6.45, 7) is 3.22. The Labute approximate surface area is 138 Å². The lowest BCUT2D eigenvalue weighted by molar-refractivity contribution is 0.579. The molecule has 7 heteroatoms. The van der Waals surface area contributed by atoms with E-state index in [0.29, 0.717) is 31.0 Å². The van der Waals surface area contributed by atoms with Crippen LogP contribution in [0.2, 0.25) is 0 Å². The lowest BCUT2D eigenvalue weighted by Gasteiger charge is -2.11. The fourth-order valence-electron chi connectivity index (χ4n) is 2.05. The number of halogens is 2. The molecule has 1 aromatic heterocycles. The van der Waals surface area contributed by atoms with Gasteiger partial charge in [-0.1, -0.05) is 6.92 Å². The van der Waals surface area contributed by atoms with Gasteiger partial charge in [0, 0.05) is 30.7 Å². The molecule has 0 amide bonds. The molecule has 2 rings (SSSR count). The quantitative estimate of drug-likeness (QED) is 0.629. The molecule has 0 aliphatic rings. The van der Waals surface area contributed by atoms with Crippen molar-refractivity contribution < 1.29 is 8.78 Å². The SMILES string of the molecule is CCc1cnc(CNC(=NC)NCCc2cc(F)cc(F)c2)s1. The summed E-state index contributed by atoms with van der Waals surface area (Å²) in [5, 5.41) is 7.29. The Balaban J connectivity index is 1.78. The van der Waals surface area contributed by atoms with E-state index in [4.69, 9.17) is 0 Å². The Kier molecular flexibility index (Phi) is 6.46. The molecule has 4 nitrogen and oxygen atoms in total. The molecule has 0 saturated heterocycles. The van der Waals surface area contributed by atoms with Crippen LogP contribution in [0.3, 0.4) is 0 Å². The molecule has 2 aromatic rings. The number of guanidine groups is 1. The third-order valence-corrected chi connectivity index (χ3v) is 4.35. The second kappa shape index (κ2) is 8.57. The normalized spacial score (nSPS) is 11.6. The molecular formula is C16H20F2N4S. The molecule has 1 aromatic carbocycles. The minimum absolute atomic E-state index is 0.507. The molecule has 0 fully saturated rings. The van der Waals surface area contributed by atoms with Gasteiger partial charge in [0.15, 0.2) is 5.96 Å². The van der Waals surface area contributed by atoms with Crippen LogP contribution in [0.5, 0.6) is 0 Å². The first kappa shape index (κ1) is 17.3. The molecule has 0 spiro atoms. The minimum Gasteiger partial charge on any atom is -0.356 e. The molecule has 1 heterocycles. The lowest BCUT2D eigenvalue weighted by Crippen LogP contribution is -2.37. The van der Waals surface area contributed by atoms with E-state index >= 15 is 0 Å². The average Bonchev–Trinajstić information content (AvgIpc) is 2.97. The van der Waals surface area contributed by atoms with Gasteiger partial charge in [0.25, 0.3) is 0 Å². The first-order chi connectivity index (χ1) is 11.1.